The molecule has 0 radical (unpaired) electrons. The molecule has 0 spiro atoms. The summed E-state index contributed by atoms with van der Waals surface area (Å²) in [5.74, 6) is 0.151. The van der Waals surface area contributed by atoms with Crippen molar-refractivity contribution in [2.24, 2.45) is 11.7 Å². The van der Waals surface area contributed by atoms with E-state index in [0.29, 0.717) is 18.6 Å². The van der Waals surface area contributed by atoms with E-state index in [9.17, 15) is 4.79 Å². The molecule has 0 rings (SSSR count). The molecule has 0 fully saturated rings. The van der Waals surface area contributed by atoms with Gasteiger partial charge in [-0.25, -0.2) is 0 Å². The smallest absolute Gasteiger partial charge is 0.237 e. The van der Waals surface area contributed by atoms with Crippen LogP contribution in [0.2, 0.25) is 0 Å². The molecule has 0 aliphatic rings. The first-order valence-electron chi connectivity index (χ1n) is 7.06. The third-order valence-corrected chi connectivity index (χ3v) is 3.24. The maximum absolute atomic E-state index is 11.6. The highest BCUT2D eigenvalue weighted by Gasteiger charge is 2.17. The Morgan fingerprint density at radius 1 is 1.11 bits per heavy atom. The first kappa shape index (κ1) is 21.0. The topological polar surface area (TPSA) is 58.4 Å². The van der Waals surface area contributed by atoms with Crippen LogP contribution in [-0.2, 0) is 4.79 Å². The zero-order chi connectivity index (χ0) is 14.3. The summed E-state index contributed by atoms with van der Waals surface area (Å²) >= 11 is 0. The van der Waals surface area contributed by atoms with Crippen LogP contribution < -0.4 is 11.1 Å². The number of amides is 1. The molecule has 0 unspecified atom stereocenters. The first-order valence-corrected chi connectivity index (χ1v) is 7.06. The summed E-state index contributed by atoms with van der Waals surface area (Å²) < 4.78 is 0. The van der Waals surface area contributed by atoms with Gasteiger partial charge in [-0.2, -0.15) is 0 Å². The number of rotatable bonds is 8. The van der Waals surface area contributed by atoms with Crippen molar-refractivity contribution in [3.8, 4) is 0 Å². The normalized spacial score (nSPS) is 13.0. The summed E-state index contributed by atoms with van der Waals surface area (Å²) in [6.45, 7) is 14.4. The molecule has 0 aromatic rings. The van der Waals surface area contributed by atoms with Crippen molar-refractivity contribution < 1.29 is 4.79 Å². The molecule has 19 heavy (non-hydrogen) atoms. The Morgan fingerprint density at radius 3 is 1.95 bits per heavy atom. The molecular weight excluding hydrogens is 262 g/mol. The molecule has 5 heteroatoms. The van der Waals surface area contributed by atoms with Crippen molar-refractivity contribution in [2.75, 3.05) is 13.1 Å². The predicted octanol–water partition coefficient (Wildman–Crippen LogP) is 2.02. The van der Waals surface area contributed by atoms with Gasteiger partial charge in [0.1, 0.15) is 0 Å². The van der Waals surface area contributed by atoms with E-state index in [0.717, 1.165) is 13.0 Å². The van der Waals surface area contributed by atoms with Crippen molar-refractivity contribution >= 4 is 18.3 Å². The summed E-state index contributed by atoms with van der Waals surface area (Å²) in [4.78, 5) is 14.1. The van der Waals surface area contributed by atoms with Crippen LogP contribution in [0.1, 0.15) is 48.0 Å². The number of halogens is 1. The second kappa shape index (κ2) is 10.5. The van der Waals surface area contributed by atoms with E-state index in [-0.39, 0.29) is 24.2 Å². The average Bonchev–Trinajstić information content (AvgIpc) is 2.26. The Balaban J connectivity index is 0. The zero-order valence-electron chi connectivity index (χ0n) is 13.3. The van der Waals surface area contributed by atoms with E-state index in [2.05, 4.69) is 37.9 Å². The van der Waals surface area contributed by atoms with Gasteiger partial charge >= 0.3 is 0 Å². The quantitative estimate of drug-likeness (QED) is 0.673. The van der Waals surface area contributed by atoms with Gasteiger partial charge in [-0.05, 0) is 40.0 Å². The van der Waals surface area contributed by atoms with E-state index < -0.39 is 6.04 Å². The fourth-order valence-electron chi connectivity index (χ4n) is 2.01. The van der Waals surface area contributed by atoms with Crippen molar-refractivity contribution in [2.45, 2.75) is 66.1 Å². The number of hydrogen-bond donors (Lipinski definition) is 2. The third-order valence-electron chi connectivity index (χ3n) is 3.24. The van der Waals surface area contributed by atoms with Crippen molar-refractivity contribution in [3.63, 3.8) is 0 Å². The van der Waals surface area contributed by atoms with Crippen molar-refractivity contribution in [1.82, 2.24) is 10.2 Å². The fourth-order valence-corrected chi connectivity index (χ4v) is 2.01. The van der Waals surface area contributed by atoms with Crippen LogP contribution in [0.3, 0.4) is 0 Å². The van der Waals surface area contributed by atoms with Gasteiger partial charge in [-0.3, -0.25) is 9.69 Å². The lowest BCUT2D eigenvalue weighted by Crippen LogP contribution is -2.45. The van der Waals surface area contributed by atoms with Crippen LogP contribution in [0.4, 0.5) is 0 Å². The van der Waals surface area contributed by atoms with Crippen molar-refractivity contribution in [1.29, 1.82) is 0 Å². The number of nitrogens with two attached hydrogens (primary N) is 1. The predicted molar refractivity (Wildman–Crippen MR) is 84.7 cm³/mol. The van der Waals surface area contributed by atoms with Gasteiger partial charge in [0.2, 0.25) is 5.91 Å². The summed E-state index contributed by atoms with van der Waals surface area (Å²) in [7, 11) is 0. The Hall–Kier alpha value is -0.320. The van der Waals surface area contributed by atoms with Crippen LogP contribution in [-0.4, -0.2) is 42.0 Å². The van der Waals surface area contributed by atoms with E-state index in [1.807, 2.05) is 13.8 Å². The Morgan fingerprint density at radius 2 is 1.58 bits per heavy atom. The molecule has 3 N–H and O–H groups in total. The molecule has 0 saturated carbocycles. The maximum Gasteiger partial charge on any atom is 0.237 e. The standard InChI is InChI=1S/C14H31N3O.ClH/c1-10(2)13(15)14(18)16-8-7-9-17(11(3)4)12(5)6;/h10-13H,7-9,15H2,1-6H3,(H,16,18);1H/t13-;/m0./s1. The summed E-state index contributed by atoms with van der Waals surface area (Å²) in [5, 5.41) is 2.91. The zero-order valence-corrected chi connectivity index (χ0v) is 14.1. The molecule has 116 valence electrons. The average molecular weight is 294 g/mol. The van der Waals surface area contributed by atoms with Crippen LogP contribution in [0.25, 0.3) is 0 Å². The van der Waals surface area contributed by atoms with E-state index in [4.69, 9.17) is 5.73 Å². The van der Waals surface area contributed by atoms with Crippen LogP contribution in [0.15, 0.2) is 0 Å². The second-order valence-corrected chi connectivity index (χ2v) is 5.84. The number of carbonyl (C=O) groups excluding carboxylic acids is 1. The molecule has 0 bridgehead atoms. The summed E-state index contributed by atoms with van der Waals surface area (Å²) in [6, 6.07) is 0.688. The number of carbonyl (C=O) groups is 1. The lowest BCUT2D eigenvalue weighted by Gasteiger charge is -2.30. The molecule has 1 amide bonds. The van der Waals surface area contributed by atoms with Gasteiger partial charge in [-0.15, -0.1) is 12.4 Å². The molecule has 0 aromatic carbocycles. The molecule has 0 saturated heterocycles. The first-order chi connectivity index (χ1) is 8.27. The monoisotopic (exact) mass is 293 g/mol. The fraction of sp³-hybridized carbons (Fsp3) is 0.929. The van der Waals surface area contributed by atoms with Crippen molar-refractivity contribution in [3.05, 3.63) is 0 Å². The third kappa shape index (κ3) is 8.45. The van der Waals surface area contributed by atoms with E-state index in [1.54, 1.807) is 0 Å². The van der Waals surface area contributed by atoms with Gasteiger partial charge in [-0.1, -0.05) is 13.8 Å². The highest BCUT2D eigenvalue weighted by molar-refractivity contribution is 5.85. The Bertz CT molecular complexity index is 237. The van der Waals surface area contributed by atoms with Crippen LogP contribution >= 0.6 is 12.4 Å². The lowest BCUT2D eigenvalue weighted by atomic mass is 10.1. The Kier molecular flexibility index (Phi) is 11.6. The molecule has 1 atom stereocenters. The summed E-state index contributed by atoms with van der Waals surface area (Å²) in [5.41, 5.74) is 5.78. The van der Waals surface area contributed by atoms with E-state index in [1.165, 1.54) is 0 Å². The SMILES string of the molecule is CC(C)[C@H](N)C(=O)NCCCN(C(C)C)C(C)C.Cl. The molecular formula is C14H32ClN3O. The van der Waals surface area contributed by atoms with Gasteiger partial charge in [0.05, 0.1) is 6.04 Å². The molecule has 0 aliphatic carbocycles. The van der Waals surface area contributed by atoms with Gasteiger partial charge in [0.15, 0.2) is 0 Å². The molecule has 4 nitrogen and oxygen atoms in total. The minimum Gasteiger partial charge on any atom is -0.355 e. The Labute approximate surface area is 124 Å². The number of hydrogen-bond acceptors (Lipinski definition) is 3. The highest BCUT2D eigenvalue weighted by atomic mass is 35.5. The van der Waals surface area contributed by atoms with Crippen LogP contribution in [0.5, 0.6) is 0 Å². The maximum atomic E-state index is 11.6. The van der Waals surface area contributed by atoms with Gasteiger partial charge in [0.25, 0.3) is 0 Å². The largest absolute Gasteiger partial charge is 0.355 e. The van der Waals surface area contributed by atoms with Gasteiger partial charge in [0, 0.05) is 25.2 Å². The second-order valence-electron chi connectivity index (χ2n) is 5.84. The number of nitrogens with zero attached hydrogens (tertiary/aromatic N) is 1. The molecule has 0 heterocycles. The van der Waals surface area contributed by atoms with Crippen LogP contribution in [0, 0.1) is 5.92 Å². The minimum absolute atomic E-state index is 0. The number of nitrogens with one attached hydrogen (secondary N) is 1. The lowest BCUT2D eigenvalue weighted by molar-refractivity contribution is -0.123. The molecule has 0 aliphatic heterocycles. The minimum atomic E-state index is -0.392. The molecule has 0 aromatic heterocycles. The van der Waals surface area contributed by atoms with Gasteiger partial charge < -0.3 is 11.1 Å². The van der Waals surface area contributed by atoms with E-state index >= 15 is 0 Å². The summed E-state index contributed by atoms with van der Waals surface area (Å²) in [6.07, 6.45) is 0.965. The highest BCUT2D eigenvalue weighted by Crippen LogP contribution is 2.05.